The van der Waals surface area contributed by atoms with Crippen LogP contribution < -0.4 is 11.1 Å². The molecule has 2 amide bonds. The Balaban J connectivity index is 1.36. The quantitative estimate of drug-likeness (QED) is 0.0482. The first-order chi connectivity index (χ1) is 18.1. The van der Waals surface area contributed by atoms with Gasteiger partial charge in [-0.05, 0) is 24.3 Å². The van der Waals surface area contributed by atoms with Gasteiger partial charge in [-0.3, -0.25) is 14.4 Å². The molecule has 2 aliphatic heterocycles. The van der Waals surface area contributed by atoms with E-state index in [-0.39, 0.29) is 35.3 Å². The third kappa shape index (κ3) is 5.08. The molecule has 0 aliphatic carbocycles. The maximum Gasteiger partial charge on any atom is 0.338 e. The van der Waals surface area contributed by atoms with E-state index in [4.69, 9.17) is 10.5 Å². The van der Waals surface area contributed by atoms with Gasteiger partial charge in [0.1, 0.15) is 29.1 Å². The Bertz CT molecular complexity index is 1360. The third-order valence-corrected chi connectivity index (χ3v) is 8.08. The number of hydrogen-bond donors (Lipinski definition) is 6. The minimum absolute atomic E-state index is 0.00961. The lowest BCUT2D eigenvalue weighted by Gasteiger charge is -2.53. The number of carboxylic acids is 1. The number of carbonyl (C=O) groups excluding carboxylic acids is 3. The summed E-state index contributed by atoms with van der Waals surface area (Å²) in [6, 6.07) is 2.45. The van der Waals surface area contributed by atoms with Gasteiger partial charge in [0.25, 0.3) is 5.91 Å². The van der Waals surface area contributed by atoms with E-state index in [0.29, 0.717) is 0 Å². The number of phenols is 2. The summed E-state index contributed by atoms with van der Waals surface area (Å²) in [5, 5.41) is 44.5. The fourth-order valence-electron chi connectivity index (χ4n) is 3.85. The molecular formula is C22H21N5O9S2. The van der Waals surface area contributed by atoms with Gasteiger partial charge in [-0.2, -0.15) is 0 Å². The van der Waals surface area contributed by atoms with Crippen molar-refractivity contribution in [1.29, 1.82) is 0 Å². The highest BCUT2D eigenvalue weighted by Gasteiger charge is 2.56. The number of benzene rings is 1. The number of anilines is 1. The number of esters is 1. The van der Waals surface area contributed by atoms with Crippen LogP contribution in [0.4, 0.5) is 5.13 Å². The average molecular weight is 564 g/mol. The summed E-state index contributed by atoms with van der Waals surface area (Å²) in [4.78, 5) is 54.8. The van der Waals surface area contributed by atoms with Crippen LogP contribution in [-0.2, 0) is 19.1 Å². The zero-order chi connectivity index (χ0) is 27.6. The highest BCUT2D eigenvalue weighted by molar-refractivity contribution is 8.00. The van der Waals surface area contributed by atoms with Gasteiger partial charge >= 0.3 is 11.9 Å². The predicted molar refractivity (Wildman–Crippen MR) is 134 cm³/mol. The highest BCUT2D eigenvalue weighted by atomic mass is 32.2. The van der Waals surface area contributed by atoms with Crippen LogP contribution in [0.2, 0.25) is 0 Å². The van der Waals surface area contributed by atoms with E-state index < -0.39 is 57.8 Å². The Morgan fingerprint density at radius 1 is 1.32 bits per heavy atom. The van der Waals surface area contributed by atoms with Crippen molar-refractivity contribution in [3.05, 3.63) is 47.0 Å². The second kappa shape index (κ2) is 10.6. The lowest BCUT2D eigenvalue weighted by Crippen LogP contribution is -2.73. The SMILES string of the molecule is Nc1nc(C(=NO)C(=O)NC2C(=O)N3CC(C=CCOC(=O)c4ccc(O)c(O)c4)(C(=O)O)CS[C@H]23)cs1. The maximum absolute atomic E-state index is 12.8. The smallest absolute Gasteiger partial charge is 0.338 e. The van der Waals surface area contributed by atoms with E-state index in [1.165, 1.54) is 28.5 Å². The molecule has 2 aromatic rings. The van der Waals surface area contributed by atoms with Crippen molar-refractivity contribution < 1.29 is 44.4 Å². The normalized spacial score (nSPS) is 23.0. The Morgan fingerprint density at radius 3 is 2.71 bits per heavy atom. The van der Waals surface area contributed by atoms with Crippen LogP contribution >= 0.6 is 23.1 Å². The van der Waals surface area contributed by atoms with Gasteiger partial charge in [0.05, 0.1) is 5.56 Å². The molecule has 2 saturated heterocycles. The molecule has 0 saturated carbocycles. The van der Waals surface area contributed by atoms with Crippen LogP contribution in [0.5, 0.6) is 11.5 Å². The number of hydrogen-bond acceptors (Lipinski definition) is 13. The Morgan fingerprint density at radius 2 is 2.08 bits per heavy atom. The third-order valence-electron chi connectivity index (χ3n) is 5.86. The minimum atomic E-state index is -1.47. The summed E-state index contributed by atoms with van der Waals surface area (Å²) in [7, 11) is 0. The molecule has 16 heteroatoms. The molecule has 0 bridgehead atoms. The van der Waals surface area contributed by atoms with E-state index in [1.54, 1.807) is 0 Å². The Hall–Kier alpha value is -4.31. The molecule has 7 N–H and O–H groups in total. The lowest BCUT2D eigenvalue weighted by molar-refractivity contribution is -0.156. The number of β-lactam (4-membered cyclic amide) rings is 1. The van der Waals surface area contributed by atoms with Crippen molar-refractivity contribution in [3.8, 4) is 11.5 Å². The molecule has 3 atom stereocenters. The van der Waals surface area contributed by atoms with Crippen molar-refractivity contribution >= 4 is 57.7 Å². The number of aliphatic carboxylic acids is 1. The van der Waals surface area contributed by atoms with Crippen molar-refractivity contribution in [2.75, 3.05) is 24.6 Å². The molecule has 200 valence electrons. The molecule has 0 spiro atoms. The first-order valence-corrected chi connectivity index (χ1v) is 12.8. The van der Waals surface area contributed by atoms with Crippen molar-refractivity contribution in [2.45, 2.75) is 11.4 Å². The second-order valence-corrected chi connectivity index (χ2v) is 10.3. The highest BCUT2D eigenvalue weighted by Crippen LogP contribution is 2.43. The number of nitrogen functional groups attached to an aromatic ring is 1. The van der Waals surface area contributed by atoms with Gasteiger partial charge in [0, 0.05) is 17.7 Å². The van der Waals surface area contributed by atoms with Crippen LogP contribution in [0.1, 0.15) is 16.1 Å². The average Bonchev–Trinajstić information content (AvgIpc) is 3.32. The van der Waals surface area contributed by atoms with Crippen molar-refractivity contribution in [3.63, 3.8) is 0 Å². The van der Waals surface area contributed by atoms with Gasteiger partial charge in [-0.25, -0.2) is 9.78 Å². The Labute approximate surface area is 222 Å². The minimum Gasteiger partial charge on any atom is -0.504 e. The molecule has 3 heterocycles. The van der Waals surface area contributed by atoms with Crippen molar-refractivity contribution in [1.82, 2.24) is 15.2 Å². The van der Waals surface area contributed by atoms with Crippen LogP contribution in [-0.4, -0.2) is 90.2 Å². The predicted octanol–water partition coefficient (Wildman–Crippen LogP) is 0.199. The fraction of sp³-hybridized carbons (Fsp3) is 0.273. The number of oxime groups is 1. The summed E-state index contributed by atoms with van der Waals surface area (Å²) < 4.78 is 5.06. The summed E-state index contributed by atoms with van der Waals surface area (Å²) in [5.74, 6) is -4.16. The monoisotopic (exact) mass is 563 g/mol. The van der Waals surface area contributed by atoms with Crippen LogP contribution in [0.15, 0.2) is 40.9 Å². The number of fused-ring (bicyclic) bond motifs is 1. The van der Waals surface area contributed by atoms with Crippen molar-refractivity contribution in [2.24, 2.45) is 10.6 Å². The number of carbonyl (C=O) groups is 4. The molecule has 2 aliphatic rings. The van der Waals surface area contributed by atoms with Crippen LogP contribution in [0, 0.1) is 5.41 Å². The number of ether oxygens (including phenoxy) is 1. The van der Waals surface area contributed by atoms with Gasteiger partial charge in [0.15, 0.2) is 22.3 Å². The number of rotatable bonds is 8. The standard InChI is InChI=1S/C22H21N5O9S2/c23-21-24-11(7-37-21)14(26-35)16(30)25-15-17(31)27-8-22(20(33)34,9-38-18(15)27)4-1-5-36-19(32)10-2-3-12(28)13(29)6-10/h1-4,6-7,15,18,28-29,35H,5,8-9H2,(H2,23,24)(H,25,30)(H,33,34)/t15?,18-,22?/m1/s1. The first-order valence-electron chi connectivity index (χ1n) is 10.8. The van der Waals surface area contributed by atoms with Gasteiger partial charge in [0.2, 0.25) is 5.91 Å². The molecule has 4 rings (SSSR count). The zero-order valence-electron chi connectivity index (χ0n) is 19.3. The van der Waals surface area contributed by atoms with E-state index in [9.17, 15) is 39.7 Å². The lowest BCUT2D eigenvalue weighted by atomic mass is 9.86. The molecule has 0 radical (unpaired) electrons. The molecule has 2 unspecified atom stereocenters. The summed E-state index contributed by atoms with van der Waals surface area (Å²) in [5.41, 5.74) is 3.70. The number of aromatic nitrogens is 1. The number of phenolic OH excluding ortho intramolecular Hbond substituents is 2. The van der Waals surface area contributed by atoms with Gasteiger partial charge < -0.3 is 41.2 Å². The van der Waals surface area contributed by atoms with E-state index in [1.807, 2.05) is 0 Å². The number of amides is 2. The number of carboxylic acid groups (broad SMARTS) is 1. The van der Waals surface area contributed by atoms with Crippen LogP contribution in [0.25, 0.3) is 0 Å². The number of nitrogens with zero attached hydrogens (tertiary/aromatic N) is 3. The molecule has 2 fully saturated rings. The van der Waals surface area contributed by atoms with Gasteiger partial charge in [-0.1, -0.05) is 11.2 Å². The molecule has 1 aromatic carbocycles. The van der Waals surface area contributed by atoms with E-state index in [0.717, 1.165) is 35.2 Å². The number of thiazole rings is 1. The fourth-order valence-corrected chi connectivity index (χ4v) is 5.91. The van der Waals surface area contributed by atoms with E-state index >= 15 is 0 Å². The zero-order valence-corrected chi connectivity index (χ0v) is 20.9. The van der Waals surface area contributed by atoms with E-state index in [2.05, 4.69) is 15.5 Å². The number of nitrogens with two attached hydrogens (primary N) is 1. The van der Waals surface area contributed by atoms with Gasteiger partial charge in [-0.15, -0.1) is 23.1 Å². The molecular weight excluding hydrogens is 542 g/mol. The molecule has 14 nitrogen and oxygen atoms in total. The van der Waals surface area contributed by atoms with Crippen LogP contribution in [0.3, 0.4) is 0 Å². The number of nitrogens with one attached hydrogen (secondary N) is 1. The Kier molecular flexibility index (Phi) is 7.45. The summed E-state index contributed by atoms with van der Waals surface area (Å²) in [6.07, 6.45) is 2.70. The second-order valence-electron chi connectivity index (χ2n) is 8.30. The summed E-state index contributed by atoms with van der Waals surface area (Å²) in [6.45, 7) is -0.453. The molecule has 38 heavy (non-hydrogen) atoms. The topological polar surface area (TPSA) is 225 Å². The summed E-state index contributed by atoms with van der Waals surface area (Å²) >= 11 is 2.19. The number of aromatic hydroxyl groups is 2. The first kappa shape index (κ1) is 26.7. The maximum atomic E-state index is 12.8. The largest absolute Gasteiger partial charge is 0.504 e. The molecule has 1 aromatic heterocycles. The number of thioether (sulfide) groups is 1.